The topological polar surface area (TPSA) is 188 Å². The molecule has 1 aromatic heterocycles. The van der Waals surface area contributed by atoms with Crippen LogP contribution >= 0.6 is 0 Å². The standard InChI is InChI=1S/C39H60N4O8S/c1-25(39(5,6)37(48)49)43-22-30(40-24-43)21-32(36(47)41-31(20-27-15-11-8-12-16-27)34(45)33(44)28-17-18-28)42-35(46)29(19-26-13-9-7-10-14-26)23-52(50,51)38(2,3)4/h7,9-10,13-14,22,24-25,27-29,31-34,44-45H,8,11-12,15-21,23H2,1-6H3,(H,41,47)(H,42,46)(H,48,49)/t25?,29-,31+,32+,33+,34-/m1/s1. The molecule has 2 saturated carbocycles. The molecule has 12 nitrogen and oxygen atoms in total. The molecule has 6 atom stereocenters. The van der Waals surface area contributed by atoms with Gasteiger partial charge in [0, 0.05) is 18.7 Å². The van der Waals surface area contributed by atoms with Crippen molar-refractivity contribution >= 4 is 27.6 Å². The molecule has 0 bridgehead atoms. The first-order valence-corrected chi connectivity index (χ1v) is 20.4. The molecular weight excluding hydrogens is 685 g/mol. The highest BCUT2D eigenvalue weighted by Crippen LogP contribution is 2.36. The van der Waals surface area contributed by atoms with Crippen LogP contribution in [-0.4, -0.2) is 85.9 Å². The Morgan fingerprint density at radius 3 is 2.13 bits per heavy atom. The van der Waals surface area contributed by atoms with Gasteiger partial charge in [-0.3, -0.25) is 14.4 Å². The summed E-state index contributed by atoms with van der Waals surface area (Å²) < 4.78 is 27.4. The molecule has 2 aliphatic rings. The Balaban J connectivity index is 1.65. The average Bonchev–Trinajstić information content (AvgIpc) is 3.84. The minimum atomic E-state index is -3.75. The summed E-state index contributed by atoms with van der Waals surface area (Å²) in [5.74, 6) is -3.39. The number of carbonyl (C=O) groups is 3. The Morgan fingerprint density at radius 1 is 0.923 bits per heavy atom. The van der Waals surface area contributed by atoms with Crippen molar-refractivity contribution in [2.75, 3.05) is 5.75 Å². The number of aromatic nitrogens is 2. The Labute approximate surface area is 309 Å². The molecule has 4 rings (SSSR count). The number of aliphatic carboxylic acids is 1. The number of carboxylic acids is 1. The number of hydrogen-bond acceptors (Lipinski definition) is 8. The van der Waals surface area contributed by atoms with E-state index in [4.69, 9.17) is 0 Å². The van der Waals surface area contributed by atoms with Crippen molar-refractivity contribution in [2.45, 2.75) is 141 Å². The number of imidazole rings is 1. The molecule has 290 valence electrons. The first-order chi connectivity index (χ1) is 24.3. The van der Waals surface area contributed by atoms with E-state index in [0.717, 1.165) is 50.5 Å². The third-order valence-corrected chi connectivity index (χ3v) is 14.0. The summed E-state index contributed by atoms with van der Waals surface area (Å²) in [4.78, 5) is 44.9. The van der Waals surface area contributed by atoms with Gasteiger partial charge in [0.15, 0.2) is 9.84 Å². The lowest BCUT2D eigenvalue weighted by Gasteiger charge is -2.33. The molecule has 1 heterocycles. The zero-order valence-electron chi connectivity index (χ0n) is 31.6. The van der Waals surface area contributed by atoms with Gasteiger partial charge < -0.3 is 30.5 Å². The molecule has 2 amide bonds. The van der Waals surface area contributed by atoms with Gasteiger partial charge in [0.25, 0.3) is 0 Å². The summed E-state index contributed by atoms with van der Waals surface area (Å²) in [5, 5.41) is 38.0. The molecule has 13 heteroatoms. The lowest BCUT2D eigenvalue weighted by Crippen LogP contribution is -2.57. The van der Waals surface area contributed by atoms with Crippen LogP contribution in [0.1, 0.15) is 110 Å². The lowest BCUT2D eigenvalue weighted by atomic mass is 9.82. The summed E-state index contributed by atoms with van der Waals surface area (Å²) >= 11 is 0. The van der Waals surface area contributed by atoms with E-state index in [2.05, 4.69) is 15.6 Å². The number of carbonyl (C=O) groups excluding carboxylic acids is 2. The van der Waals surface area contributed by atoms with Gasteiger partial charge in [-0.25, -0.2) is 13.4 Å². The lowest BCUT2D eigenvalue weighted by molar-refractivity contribution is -0.149. The van der Waals surface area contributed by atoms with Crippen LogP contribution in [-0.2, 0) is 37.1 Å². The quantitative estimate of drug-likeness (QED) is 0.149. The van der Waals surface area contributed by atoms with E-state index in [-0.39, 0.29) is 24.7 Å². The van der Waals surface area contributed by atoms with Gasteiger partial charge in [-0.15, -0.1) is 0 Å². The van der Waals surface area contributed by atoms with Crippen LogP contribution in [0.3, 0.4) is 0 Å². The summed E-state index contributed by atoms with van der Waals surface area (Å²) in [7, 11) is -3.75. The highest BCUT2D eigenvalue weighted by molar-refractivity contribution is 7.92. The summed E-state index contributed by atoms with van der Waals surface area (Å²) in [6.45, 7) is 9.76. The largest absolute Gasteiger partial charge is 0.481 e. The monoisotopic (exact) mass is 744 g/mol. The van der Waals surface area contributed by atoms with Gasteiger partial charge in [0.1, 0.15) is 12.1 Å². The molecule has 0 radical (unpaired) electrons. The van der Waals surface area contributed by atoms with Crippen LogP contribution in [0.4, 0.5) is 0 Å². The third kappa shape index (κ3) is 10.9. The maximum atomic E-state index is 14.3. The molecule has 1 aromatic carbocycles. The highest BCUT2D eigenvalue weighted by Gasteiger charge is 2.41. The Kier molecular flexibility index (Phi) is 13.7. The number of nitrogens with zero attached hydrogens (tertiary/aromatic N) is 2. The predicted molar refractivity (Wildman–Crippen MR) is 199 cm³/mol. The van der Waals surface area contributed by atoms with Crippen molar-refractivity contribution < 1.29 is 38.1 Å². The van der Waals surface area contributed by atoms with Crippen molar-refractivity contribution in [1.29, 1.82) is 0 Å². The van der Waals surface area contributed by atoms with Gasteiger partial charge in [-0.1, -0.05) is 62.4 Å². The number of benzene rings is 1. The minimum absolute atomic E-state index is 0.0271. The molecular formula is C39H60N4O8S. The second-order valence-corrected chi connectivity index (χ2v) is 19.5. The zero-order chi connectivity index (χ0) is 38.4. The fraction of sp³-hybridized carbons (Fsp3) is 0.692. The Morgan fingerprint density at radius 2 is 1.56 bits per heavy atom. The normalized spacial score (nSPS) is 19.5. The summed E-state index contributed by atoms with van der Waals surface area (Å²) in [6.07, 6.45) is 8.29. The summed E-state index contributed by atoms with van der Waals surface area (Å²) in [5.41, 5.74) is 0.0564. The van der Waals surface area contributed by atoms with E-state index >= 15 is 0 Å². The van der Waals surface area contributed by atoms with Crippen molar-refractivity contribution in [3.8, 4) is 0 Å². The van der Waals surface area contributed by atoms with Gasteiger partial charge in [0.2, 0.25) is 11.8 Å². The third-order valence-electron chi connectivity index (χ3n) is 11.3. The molecule has 5 N–H and O–H groups in total. The number of amides is 2. The molecule has 2 aromatic rings. The molecule has 1 unspecified atom stereocenters. The van der Waals surface area contributed by atoms with Crippen LogP contribution in [0.15, 0.2) is 42.9 Å². The van der Waals surface area contributed by atoms with Crippen molar-refractivity contribution in [3.05, 3.63) is 54.1 Å². The van der Waals surface area contributed by atoms with Crippen LogP contribution in [0, 0.1) is 23.2 Å². The number of aliphatic hydroxyl groups excluding tert-OH is 2. The smallest absolute Gasteiger partial charge is 0.311 e. The number of nitrogens with one attached hydrogen (secondary N) is 2. The number of aliphatic hydroxyl groups is 2. The number of rotatable bonds is 18. The van der Waals surface area contributed by atoms with Gasteiger partial charge in [-0.2, -0.15) is 0 Å². The maximum absolute atomic E-state index is 14.3. The van der Waals surface area contributed by atoms with E-state index in [0.29, 0.717) is 12.1 Å². The zero-order valence-corrected chi connectivity index (χ0v) is 32.4. The van der Waals surface area contributed by atoms with Crippen molar-refractivity contribution in [1.82, 2.24) is 20.2 Å². The van der Waals surface area contributed by atoms with Gasteiger partial charge >= 0.3 is 5.97 Å². The minimum Gasteiger partial charge on any atom is -0.481 e. The predicted octanol–water partition coefficient (Wildman–Crippen LogP) is 4.24. The van der Waals surface area contributed by atoms with Crippen LogP contribution in [0.25, 0.3) is 0 Å². The second kappa shape index (κ2) is 17.2. The van der Waals surface area contributed by atoms with Crippen LogP contribution in [0.5, 0.6) is 0 Å². The van der Waals surface area contributed by atoms with E-state index in [9.17, 15) is 38.1 Å². The Bertz CT molecular complexity index is 1610. The van der Waals surface area contributed by atoms with E-state index in [1.54, 1.807) is 52.3 Å². The Hall–Kier alpha value is -3.29. The number of sulfone groups is 1. The molecule has 0 aliphatic heterocycles. The molecule has 2 aliphatic carbocycles. The van der Waals surface area contributed by atoms with Crippen LogP contribution < -0.4 is 10.6 Å². The van der Waals surface area contributed by atoms with Gasteiger partial charge in [-0.05, 0) is 84.6 Å². The first kappa shape index (κ1) is 41.5. The van der Waals surface area contributed by atoms with Crippen molar-refractivity contribution in [3.63, 3.8) is 0 Å². The molecule has 0 spiro atoms. The highest BCUT2D eigenvalue weighted by atomic mass is 32.2. The van der Waals surface area contributed by atoms with E-state index in [1.165, 1.54) is 6.33 Å². The maximum Gasteiger partial charge on any atom is 0.311 e. The molecule has 0 saturated heterocycles. The SMILES string of the molecule is CC(n1cnc(C[C@H](NC(=O)[C@H](Cc2ccccc2)CS(=O)(=O)C(C)(C)C)C(=O)N[C@@H](CC2CCCCC2)[C@@H](O)[C@@H](O)C2CC2)c1)C(C)(C)C(=O)O. The fourth-order valence-electron chi connectivity index (χ4n) is 6.90. The molecule has 2 fully saturated rings. The van der Waals surface area contributed by atoms with E-state index < -0.39 is 79.8 Å². The fourth-order valence-corrected chi connectivity index (χ4v) is 8.20. The van der Waals surface area contributed by atoms with Crippen molar-refractivity contribution in [2.24, 2.45) is 23.2 Å². The second-order valence-electron chi connectivity index (χ2n) is 16.7. The number of carboxylic acid groups (broad SMARTS) is 1. The number of hydrogen-bond donors (Lipinski definition) is 5. The van der Waals surface area contributed by atoms with Gasteiger partial charge in [0.05, 0.1) is 46.0 Å². The van der Waals surface area contributed by atoms with Crippen LogP contribution in [0.2, 0.25) is 0 Å². The molecule has 52 heavy (non-hydrogen) atoms. The first-order valence-electron chi connectivity index (χ1n) is 18.8. The average molecular weight is 745 g/mol. The van der Waals surface area contributed by atoms with E-state index in [1.807, 2.05) is 30.3 Å². The summed E-state index contributed by atoms with van der Waals surface area (Å²) in [6, 6.07) is 6.64.